The molecule has 4 fully saturated rings. The number of aromatic nitrogens is 8. The third-order valence-corrected chi connectivity index (χ3v) is 10.9. The van der Waals surface area contributed by atoms with Crippen LogP contribution in [-0.4, -0.2) is 110 Å². The maximum atomic E-state index is 13.9. The van der Waals surface area contributed by atoms with Gasteiger partial charge in [0, 0.05) is 6.66 Å². The minimum absolute atomic E-state index is 0.0423. The van der Waals surface area contributed by atoms with E-state index < -0.39 is 86.7 Å². The monoisotopic (exact) mass is 702 g/mol. The Hall–Kier alpha value is -3.18. The van der Waals surface area contributed by atoms with Gasteiger partial charge in [0.1, 0.15) is 36.1 Å². The molecule has 22 nitrogen and oxygen atoms in total. The van der Waals surface area contributed by atoms with Crippen LogP contribution in [0.15, 0.2) is 22.2 Å². The van der Waals surface area contributed by atoms with E-state index in [2.05, 4.69) is 29.9 Å². The number of nitrogens with one attached hydrogen (secondary N) is 2. The van der Waals surface area contributed by atoms with Crippen molar-refractivity contribution in [2.45, 2.75) is 54.7 Å². The number of rotatable bonds is 2. The van der Waals surface area contributed by atoms with Gasteiger partial charge in [-0.2, -0.15) is 9.97 Å². The topological polar surface area (TPSA) is 312 Å². The summed E-state index contributed by atoms with van der Waals surface area (Å²) in [5.41, 5.74) is 8.09. The Morgan fingerprint density at radius 1 is 1.00 bits per heavy atom. The van der Waals surface area contributed by atoms with Gasteiger partial charge in [-0.15, -0.1) is 0 Å². The van der Waals surface area contributed by atoms with Gasteiger partial charge in [0.15, 0.2) is 34.8 Å². The number of aliphatic hydroxyl groups excluding tert-OH is 1. The molecule has 1 saturated carbocycles. The third kappa shape index (κ3) is 4.51. The fourth-order valence-electron chi connectivity index (χ4n) is 6.16. The molecule has 9 N–H and O–H groups in total. The smallest absolute Gasteiger partial charge is 0.330 e. The van der Waals surface area contributed by atoms with E-state index >= 15 is 0 Å². The summed E-state index contributed by atoms with van der Waals surface area (Å²) < 4.78 is 51.0. The van der Waals surface area contributed by atoms with Crippen LogP contribution in [-0.2, 0) is 43.9 Å². The number of fused-ring (bicyclic) bond motifs is 6. The lowest BCUT2D eigenvalue weighted by Gasteiger charge is -2.29. The number of anilines is 2. The Morgan fingerprint density at radius 2 is 1.61 bits per heavy atom. The molecule has 4 aliphatic rings. The van der Waals surface area contributed by atoms with Gasteiger partial charge in [0.25, 0.3) is 11.1 Å². The second-order valence-corrected chi connectivity index (χ2v) is 15.9. The summed E-state index contributed by atoms with van der Waals surface area (Å²) in [6, 6.07) is -0.926. The van der Waals surface area contributed by atoms with Crippen LogP contribution in [0.25, 0.3) is 22.3 Å². The zero-order valence-corrected chi connectivity index (χ0v) is 25.7. The molecule has 246 valence electrons. The number of nitrogens with zero attached hydrogens (tertiary/aromatic N) is 6. The normalized spacial score (nSPS) is 40.8. The summed E-state index contributed by atoms with van der Waals surface area (Å²) in [4.78, 5) is 56.4. The lowest BCUT2D eigenvalue weighted by Crippen LogP contribution is -2.42. The number of hydrogen-bond donors (Lipinski definition) is 7. The highest BCUT2D eigenvalue weighted by molar-refractivity contribution is 8.07. The maximum absolute atomic E-state index is 13.9. The van der Waals surface area contributed by atoms with E-state index in [1.807, 2.05) is 0 Å². The fraction of sp³-hybridized carbons (Fsp3) is 0.524. The van der Waals surface area contributed by atoms with Gasteiger partial charge in [-0.05, 0) is 11.8 Å². The largest absolute Gasteiger partial charge is 0.385 e. The lowest BCUT2D eigenvalue weighted by atomic mass is 10.1. The zero-order chi connectivity index (χ0) is 32.5. The van der Waals surface area contributed by atoms with E-state index in [0.29, 0.717) is 0 Å². The van der Waals surface area contributed by atoms with Crippen LogP contribution in [0.2, 0.25) is 0 Å². The van der Waals surface area contributed by atoms with Gasteiger partial charge in [-0.1, -0.05) is 0 Å². The lowest BCUT2D eigenvalue weighted by molar-refractivity contribution is -0.130. The molecule has 46 heavy (non-hydrogen) atoms. The van der Waals surface area contributed by atoms with Crippen LogP contribution < -0.4 is 22.6 Å². The molecule has 0 aromatic carbocycles. The molecule has 3 aliphatic heterocycles. The summed E-state index contributed by atoms with van der Waals surface area (Å²) >= 11 is 5.18. The minimum Gasteiger partial charge on any atom is -0.385 e. The summed E-state index contributed by atoms with van der Waals surface area (Å²) in [6.45, 7) is -3.61. The number of nitrogens with two attached hydrogens (primary N) is 2. The minimum atomic E-state index is -4.27. The Morgan fingerprint density at radius 3 is 2.26 bits per heavy atom. The number of hydrogen-bond acceptors (Lipinski definition) is 18. The number of aliphatic hydroxyl groups is 2. The molecule has 0 bridgehead atoms. The van der Waals surface area contributed by atoms with Gasteiger partial charge in [0.2, 0.25) is 11.9 Å². The quantitative estimate of drug-likeness (QED) is 0.107. The van der Waals surface area contributed by atoms with Crippen molar-refractivity contribution in [3.05, 3.63) is 33.4 Å². The number of aromatic amines is 2. The van der Waals surface area contributed by atoms with E-state index in [9.17, 15) is 29.3 Å². The van der Waals surface area contributed by atoms with E-state index in [4.69, 9.17) is 50.8 Å². The molecule has 7 heterocycles. The van der Waals surface area contributed by atoms with Crippen molar-refractivity contribution in [3.8, 4) is 0 Å². The first kappa shape index (κ1) is 30.2. The van der Waals surface area contributed by atoms with Crippen molar-refractivity contribution >= 4 is 60.3 Å². The van der Waals surface area contributed by atoms with Crippen molar-refractivity contribution in [1.29, 1.82) is 0 Å². The maximum Gasteiger partial charge on any atom is 0.330 e. The van der Waals surface area contributed by atoms with Gasteiger partial charge in [0.05, 0.1) is 25.3 Å². The van der Waals surface area contributed by atoms with Crippen molar-refractivity contribution in [3.63, 3.8) is 0 Å². The summed E-state index contributed by atoms with van der Waals surface area (Å²) in [6.07, 6.45) is -7.55. The van der Waals surface area contributed by atoms with Crippen molar-refractivity contribution in [2.75, 3.05) is 24.7 Å². The molecule has 11 atom stereocenters. The molecule has 6 unspecified atom stereocenters. The molecular formula is C21H24N10O12P2S. The second kappa shape index (κ2) is 9.92. The Labute approximate surface area is 259 Å². The molecule has 4 aromatic rings. The van der Waals surface area contributed by atoms with Crippen molar-refractivity contribution < 1.29 is 47.2 Å². The van der Waals surface area contributed by atoms with Crippen molar-refractivity contribution in [1.82, 2.24) is 39.0 Å². The van der Waals surface area contributed by atoms with Crippen molar-refractivity contribution in [2.24, 2.45) is 0 Å². The number of nitrogen functional groups attached to an aromatic ring is 2. The number of imidazole rings is 2. The predicted molar refractivity (Wildman–Crippen MR) is 155 cm³/mol. The van der Waals surface area contributed by atoms with Crippen LogP contribution in [0.4, 0.5) is 11.9 Å². The number of ether oxygens (including phenoxy) is 2. The Bertz CT molecular complexity index is 2140. The third-order valence-electron chi connectivity index (χ3n) is 8.13. The molecular weight excluding hydrogens is 678 g/mol. The highest BCUT2D eigenvalue weighted by Gasteiger charge is 2.79. The molecule has 1 aliphatic carbocycles. The molecule has 3 saturated heterocycles. The fourth-order valence-corrected chi connectivity index (χ4v) is 8.88. The van der Waals surface area contributed by atoms with E-state index in [1.165, 1.54) is 15.5 Å². The molecule has 25 heteroatoms. The van der Waals surface area contributed by atoms with Crippen LogP contribution >= 0.6 is 14.3 Å². The first-order chi connectivity index (χ1) is 21.7. The van der Waals surface area contributed by atoms with E-state index in [0.717, 1.165) is 13.0 Å². The van der Waals surface area contributed by atoms with Gasteiger partial charge >= 0.3 is 14.3 Å². The molecule has 0 amide bonds. The van der Waals surface area contributed by atoms with E-state index in [-0.39, 0.29) is 34.2 Å². The van der Waals surface area contributed by atoms with Gasteiger partial charge in [-0.3, -0.25) is 42.3 Å². The summed E-state index contributed by atoms with van der Waals surface area (Å²) in [5.74, 6) is -0.421. The van der Waals surface area contributed by atoms with Crippen LogP contribution in [0, 0.1) is 0 Å². The Balaban J connectivity index is 1.12. The highest BCUT2D eigenvalue weighted by atomic mass is 32.5. The predicted octanol–water partition coefficient (Wildman–Crippen LogP) is -2.46. The Kier molecular flexibility index (Phi) is 6.51. The second-order valence-electron chi connectivity index (χ2n) is 11.1. The highest BCUT2D eigenvalue weighted by Crippen LogP contribution is 2.65. The first-order valence-electron chi connectivity index (χ1n) is 13.4. The van der Waals surface area contributed by atoms with Crippen LogP contribution in [0.3, 0.4) is 0 Å². The first-order valence-corrected chi connectivity index (χ1v) is 18.0. The summed E-state index contributed by atoms with van der Waals surface area (Å²) in [7, 11) is -4.27. The average Bonchev–Trinajstić information content (AvgIpc) is 3.43. The van der Waals surface area contributed by atoms with Gasteiger partial charge in [-0.25, -0.2) is 9.97 Å². The standard InChI is InChI=1S/C21H24N10O12P2S/c1-44(36)42-11-5(39-12-10(21(11,12)35)30-3-24-6-13(30)26-19(22)28-15(6)33)2-38-45(37,46)41-9-8(32)17(40-18(9)43-44)31-4-25-7-14(31)27-20(23)29-16(7)34/h3-5,8-12,17-18,32,35H,2H2,1H3,(H,37,46)(H3,22,26,28,33)(H3,23,27,29,34)/t5-,8?,9?,10?,11?,12+,17-,18-,21?,44-,45?/m1/s1. The van der Waals surface area contributed by atoms with Crippen LogP contribution in [0.5, 0.6) is 0 Å². The molecule has 0 radical (unpaired) electrons. The van der Waals surface area contributed by atoms with Crippen LogP contribution in [0.1, 0.15) is 12.3 Å². The number of H-pyrrole nitrogens is 2. The summed E-state index contributed by atoms with van der Waals surface area (Å²) in [5, 5.41) is 23.1. The zero-order valence-electron chi connectivity index (χ0n) is 23.1. The van der Waals surface area contributed by atoms with E-state index in [1.54, 1.807) is 0 Å². The average molecular weight is 702 g/mol. The molecule has 4 aromatic heterocycles. The van der Waals surface area contributed by atoms with Gasteiger partial charge < -0.3 is 45.1 Å². The molecule has 8 rings (SSSR count). The molecule has 0 spiro atoms. The SMILES string of the molecule is C[P@@]1(=O)OC2[C@@H](COP(O)(=S)OC3C(O)[C@H](n4cnc5c(=O)[nH]c(N)nc54)O[C@@H]3O1)O[C@H]1C(n3cnc4c(=O)[nH]c(N)nc43)C21O.